The van der Waals surface area contributed by atoms with Crippen LogP contribution in [0.4, 0.5) is 5.69 Å². The Labute approximate surface area is 95.8 Å². The molecule has 0 atom stereocenters. The van der Waals surface area contributed by atoms with E-state index in [0.29, 0.717) is 10.7 Å². The van der Waals surface area contributed by atoms with Crippen LogP contribution in [0.3, 0.4) is 0 Å². The Balaban J connectivity index is 2.90. The van der Waals surface area contributed by atoms with E-state index < -0.39 is 0 Å². The second-order valence-corrected chi connectivity index (χ2v) is 3.39. The van der Waals surface area contributed by atoms with Crippen LogP contribution in [0.5, 0.6) is 0 Å². The van der Waals surface area contributed by atoms with Crippen LogP contribution in [0.15, 0.2) is 18.2 Å². The molecular weight excluding hydrogens is 265 g/mol. The molecule has 14 heavy (non-hydrogen) atoms. The molecule has 1 aromatic rings. The molecule has 0 saturated carbocycles. The molecule has 0 aromatic heterocycles. The van der Waals surface area contributed by atoms with E-state index >= 15 is 0 Å². The number of benzene rings is 1. The van der Waals surface area contributed by atoms with Crippen molar-refractivity contribution in [2.75, 3.05) is 5.32 Å². The Morgan fingerprint density at radius 3 is 2.93 bits per heavy atom. The molecule has 0 radical (unpaired) electrons. The second-order valence-electron chi connectivity index (χ2n) is 2.59. The highest BCUT2D eigenvalue weighted by atomic mass is 79.9. The summed E-state index contributed by atoms with van der Waals surface area (Å²) in [6, 6.07) is 5.31. The van der Waals surface area contributed by atoms with Gasteiger partial charge in [0.05, 0.1) is 0 Å². The van der Waals surface area contributed by atoms with E-state index in [1.807, 2.05) is 6.92 Å². The number of carbonyl (C=O) groups is 1. The predicted molar refractivity (Wildman–Crippen MR) is 61.5 cm³/mol. The van der Waals surface area contributed by atoms with E-state index in [2.05, 4.69) is 32.0 Å². The summed E-state index contributed by atoms with van der Waals surface area (Å²) in [6.45, 7) is 1.83. The molecule has 72 valence electrons. The van der Waals surface area contributed by atoms with Gasteiger partial charge in [0.1, 0.15) is 0 Å². The van der Waals surface area contributed by atoms with Crippen molar-refractivity contribution in [2.24, 2.45) is 0 Å². The Morgan fingerprint density at radius 2 is 2.29 bits per heavy atom. The van der Waals surface area contributed by atoms with Gasteiger partial charge in [0.2, 0.25) is 0 Å². The SMILES string of the molecule is Cc1c(Cl)cccc1NC(=O)C#CBr. The van der Waals surface area contributed by atoms with Gasteiger partial charge in [0.15, 0.2) is 0 Å². The van der Waals surface area contributed by atoms with E-state index in [1.54, 1.807) is 18.2 Å². The zero-order chi connectivity index (χ0) is 10.6. The van der Waals surface area contributed by atoms with E-state index in [9.17, 15) is 4.79 Å². The third-order valence-corrected chi connectivity index (χ3v) is 2.28. The first-order chi connectivity index (χ1) is 6.65. The van der Waals surface area contributed by atoms with Crippen molar-refractivity contribution in [3.63, 3.8) is 0 Å². The predicted octanol–water partition coefficient (Wildman–Crippen LogP) is 2.94. The number of nitrogens with one attached hydrogen (secondary N) is 1. The number of anilines is 1. The third kappa shape index (κ3) is 2.76. The van der Waals surface area contributed by atoms with Crippen LogP contribution in [0.2, 0.25) is 5.02 Å². The van der Waals surface area contributed by atoms with E-state index in [-0.39, 0.29) is 5.91 Å². The second kappa shape index (κ2) is 5.04. The molecule has 0 bridgehead atoms. The molecule has 0 aliphatic rings. The number of amides is 1. The van der Waals surface area contributed by atoms with Crippen molar-refractivity contribution in [2.45, 2.75) is 6.92 Å². The van der Waals surface area contributed by atoms with Gasteiger partial charge in [-0.3, -0.25) is 4.79 Å². The minimum Gasteiger partial charge on any atom is -0.315 e. The fourth-order valence-electron chi connectivity index (χ4n) is 0.939. The maximum Gasteiger partial charge on any atom is 0.301 e. The number of halogens is 2. The largest absolute Gasteiger partial charge is 0.315 e. The number of hydrogen-bond acceptors (Lipinski definition) is 1. The number of carbonyl (C=O) groups excluding carboxylic acids is 1. The van der Waals surface area contributed by atoms with Gasteiger partial charge in [-0.15, -0.1) is 0 Å². The molecule has 0 unspecified atom stereocenters. The summed E-state index contributed by atoms with van der Waals surface area (Å²) < 4.78 is 0. The lowest BCUT2D eigenvalue weighted by Gasteiger charge is -2.06. The highest BCUT2D eigenvalue weighted by molar-refractivity contribution is 9.12. The number of rotatable bonds is 1. The topological polar surface area (TPSA) is 29.1 Å². The van der Waals surface area contributed by atoms with Crippen LogP contribution in [0.25, 0.3) is 0 Å². The fraction of sp³-hybridized carbons (Fsp3) is 0.100. The van der Waals surface area contributed by atoms with Gasteiger partial charge in [-0.1, -0.05) is 17.7 Å². The Hall–Kier alpha value is -0.980. The van der Waals surface area contributed by atoms with Gasteiger partial charge in [0, 0.05) is 32.6 Å². The summed E-state index contributed by atoms with van der Waals surface area (Å²) in [7, 11) is 0. The van der Waals surface area contributed by atoms with Gasteiger partial charge < -0.3 is 5.32 Å². The average molecular weight is 273 g/mol. The average Bonchev–Trinajstić information content (AvgIpc) is 2.13. The molecule has 0 aliphatic carbocycles. The van der Waals surface area contributed by atoms with Crippen LogP contribution in [-0.4, -0.2) is 5.91 Å². The molecule has 1 aromatic carbocycles. The maximum absolute atomic E-state index is 11.1. The lowest BCUT2D eigenvalue weighted by molar-refractivity contribution is -0.111. The molecule has 1 N–H and O–H groups in total. The minimum absolute atomic E-state index is 0.368. The maximum atomic E-state index is 11.1. The van der Waals surface area contributed by atoms with Crippen molar-refractivity contribution in [3.8, 4) is 10.8 Å². The molecule has 2 nitrogen and oxygen atoms in total. The molecule has 0 fully saturated rings. The third-order valence-electron chi connectivity index (χ3n) is 1.68. The highest BCUT2D eigenvalue weighted by Gasteiger charge is 2.03. The first-order valence-corrected chi connectivity index (χ1v) is 5.00. The van der Waals surface area contributed by atoms with Crippen molar-refractivity contribution < 1.29 is 4.79 Å². The normalized spacial score (nSPS) is 8.79. The zero-order valence-corrected chi connectivity index (χ0v) is 9.74. The van der Waals surface area contributed by atoms with Crippen LogP contribution in [0.1, 0.15) is 5.56 Å². The molecule has 0 spiro atoms. The summed E-state index contributed by atoms with van der Waals surface area (Å²) in [5, 5.41) is 3.24. The van der Waals surface area contributed by atoms with Gasteiger partial charge in [-0.05, 0) is 29.4 Å². The Kier molecular flexibility index (Phi) is 3.99. The van der Waals surface area contributed by atoms with E-state index in [1.165, 1.54) is 0 Å². The molecule has 0 saturated heterocycles. The minimum atomic E-state index is -0.368. The fourth-order valence-corrected chi connectivity index (χ4v) is 1.29. The van der Waals surface area contributed by atoms with Gasteiger partial charge in [-0.2, -0.15) is 0 Å². The van der Waals surface area contributed by atoms with E-state index in [4.69, 9.17) is 11.6 Å². The lowest BCUT2D eigenvalue weighted by atomic mass is 10.2. The van der Waals surface area contributed by atoms with Crippen molar-refractivity contribution in [1.82, 2.24) is 0 Å². The molecular formula is C10H7BrClNO. The zero-order valence-electron chi connectivity index (χ0n) is 7.40. The van der Waals surface area contributed by atoms with Crippen molar-refractivity contribution in [3.05, 3.63) is 28.8 Å². The molecule has 0 heterocycles. The van der Waals surface area contributed by atoms with Crippen LogP contribution >= 0.6 is 27.5 Å². The molecule has 0 aliphatic heterocycles. The van der Waals surface area contributed by atoms with Crippen LogP contribution in [-0.2, 0) is 4.79 Å². The molecule has 1 amide bonds. The van der Waals surface area contributed by atoms with Crippen LogP contribution < -0.4 is 5.32 Å². The van der Waals surface area contributed by atoms with E-state index in [0.717, 1.165) is 5.56 Å². The highest BCUT2D eigenvalue weighted by Crippen LogP contribution is 2.22. The van der Waals surface area contributed by atoms with Gasteiger partial charge in [0.25, 0.3) is 0 Å². The lowest BCUT2D eigenvalue weighted by Crippen LogP contribution is -2.09. The van der Waals surface area contributed by atoms with Crippen molar-refractivity contribution >= 4 is 39.1 Å². The first-order valence-electron chi connectivity index (χ1n) is 3.83. The standard InChI is InChI=1S/C10H7BrClNO/c1-7-8(12)3-2-4-9(7)13-10(14)5-6-11/h2-4H,1H3,(H,13,14). The smallest absolute Gasteiger partial charge is 0.301 e. The Bertz CT molecular complexity index is 420. The number of hydrogen-bond donors (Lipinski definition) is 1. The Morgan fingerprint density at radius 1 is 1.57 bits per heavy atom. The molecule has 1 rings (SSSR count). The summed E-state index contributed by atoms with van der Waals surface area (Å²) in [5.41, 5.74) is 1.51. The summed E-state index contributed by atoms with van der Waals surface area (Å²) in [6.07, 6.45) is 0. The van der Waals surface area contributed by atoms with Crippen molar-refractivity contribution in [1.29, 1.82) is 0 Å². The summed E-state index contributed by atoms with van der Waals surface area (Å²) in [5.74, 6) is 1.95. The van der Waals surface area contributed by atoms with Gasteiger partial charge in [-0.25, -0.2) is 0 Å². The first kappa shape index (κ1) is 11.1. The quantitative estimate of drug-likeness (QED) is 0.783. The van der Waals surface area contributed by atoms with Gasteiger partial charge >= 0.3 is 5.91 Å². The molecule has 4 heteroatoms. The summed E-state index contributed by atoms with van der Waals surface area (Å²) >= 11 is 8.73. The summed E-state index contributed by atoms with van der Waals surface area (Å²) in [4.78, 5) is 13.5. The monoisotopic (exact) mass is 271 g/mol. The van der Waals surface area contributed by atoms with Crippen LogP contribution in [0, 0.1) is 17.7 Å².